The van der Waals surface area contributed by atoms with E-state index in [9.17, 15) is 4.79 Å². The van der Waals surface area contributed by atoms with Gasteiger partial charge in [0, 0.05) is 29.4 Å². The molecule has 19 heavy (non-hydrogen) atoms. The lowest BCUT2D eigenvalue weighted by molar-refractivity contribution is -0.154. The maximum Gasteiger partial charge on any atom is 0.311 e. The summed E-state index contributed by atoms with van der Waals surface area (Å²) in [6.45, 7) is 11.0. The van der Waals surface area contributed by atoms with E-state index in [4.69, 9.17) is 4.74 Å². The molecule has 0 spiro atoms. The smallest absolute Gasteiger partial charge is 0.311 e. The largest absolute Gasteiger partial charge is 0.459 e. The first-order valence-corrected chi connectivity index (χ1v) is 6.61. The molecule has 0 atom stereocenters. The van der Waals surface area contributed by atoms with Crippen molar-refractivity contribution in [2.24, 2.45) is 5.41 Å². The standard InChI is InChI=1S/C15H22N2O2/c1-14(2,3)13(18)19-8-10-6-12-11(7-16-10)15(4,5)9-17-12/h6-7,17H,8-9H2,1-5H3. The first-order valence-electron chi connectivity index (χ1n) is 6.61. The van der Waals surface area contributed by atoms with Crippen LogP contribution in [0.2, 0.25) is 0 Å². The third kappa shape index (κ3) is 2.88. The Morgan fingerprint density at radius 1 is 1.47 bits per heavy atom. The molecule has 0 amide bonds. The number of fused-ring (bicyclic) bond motifs is 1. The van der Waals surface area contributed by atoms with Crippen molar-refractivity contribution in [2.75, 3.05) is 11.9 Å². The number of carbonyl (C=O) groups excluding carboxylic acids is 1. The zero-order valence-corrected chi connectivity index (χ0v) is 12.3. The fraction of sp³-hybridized carbons (Fsp3) is 0.600. The summed E-state index contributed by atoms with van der Waals surface area (Å²) in [5.74, 6) is -0.205. The average Bonchev–Trinajstić information content (AvgIpc) is 2.61. The molecule has 4 nitrogen and oxygen atoms in total. The Kier molecular flexibility index (Phi) is 3.29. The Hall–Kier alpha value is -1.58. The molecule has 104 valence electrons. The van der Waals surface area contributed by atoms with E-state index in [1.165, 1.54) is 5.56 Å². The molecule has 1 aliphatic heterocycles. The molecule has 0 bridgehead atoms. The fourth-order valence-corrected chi connectivity index (χ4v) is 2.03. The minimum atomic E-state index is -0.475. The van der Waals surface area contributed by atoms with Crippen LogP contribution in [0.4, 0.5) is 5.69 Å². The molecular formula is C15H22N2O2. The number of rotatable bonds is 2. The quantitative estimate of drug-likeness (QED) is 0.833. The molecule has 0 unspecified atom stereocenters. The predicted octanol–water partition coefficient (Wildman–Crippen LogP) is 2.87. The number of carbonyl (C=O) groups is 1. The molecule has 0 fully saturated rings. The van der Waals surface area contributed by atoms with E-state index < -0.39 is 5.41 Å². The van der Waals surface area contributed by atoms with Gasteiger partial charge in [0.1, 0.15) is 6.61 Å². The second-order valence-electron chi connectivity index (χ2n) is 6.78. The van der Waals surface area contributed by atoms with Gasteiger partial charge >= 0.3 is 5.97 Å². The molecule has 0 aromatic carbocycles. The number of nitrogens with one attached hydrogen (secondary N) is 1. The molecule has 1 aromatic heterocycles. The van der Waals surface area contributed by atoms with E-state index in [0.717, 1.165) is 17.9 Å². The second-order valence-corrected chi connectivity index (χ2v) is 6.78. The molecule has 2 rings (SSSR count). The Morgan fingerprint density at radius 2 is 2.16 bits per heavy atom. The predicted molar refractivity (Wildman–Crippen MR) is 75.0 cm³/mol. The summed E-state index contributed by atoms with van der Waals surface area (Å²) >= 11 is 0. The van der Waals surface area contributed by atoms with Gasteiger partial charge in [0.15, 0.2) is 0 Å². The number of pyridine rings is 1. The van der Waals surface area contributed by atoms with E-state index in [0.29, 0.717) is 0 Å². The Balaban J connectivity index is 2.07. The third-order valence-electron chi connectivity index (χ3n) is 3.37. The maximum atomic E-state index is 11.7. The monoisotopic (exact) mass is 262 g/mol. The first kappa shape index (κ1) is 13.8. The summed E-state index contributed by atoms with van der Waals surface area (Å²) in [5, 5.41) is 3.37. The molecule has 0 saturated heterocycles. The Morgan fingerprint density at radius 3 is 2.79 bits per heavy atom. The van der Waals surface area contributed by atoms with Crippen molar-refractivity contribution in [2.45, 2.75) is 46.6 Å². The van der Waals surface area contributed by atoms with Crippen molar-refractivity contribution >= 4 is 11.7 Å². The van der Waals surface area contributed by atoms with Crippen molar-refractivity contribution in [3.63, 3.8) is 0 Å². The summed E-state index contributed by atoms with van der Waals surface area (Å²) < 4.78 is 5.28. The van der Waals surface area contributed by atoms with Crippen molar-refractivity contribution in [1.29, 1.82) is 0 Å². The molecule has 0 aliphatic carbocycles. The van der Waals surface area contributed by atoms with Crippen LogP contribution < -0.4 is 5.32 Å². The van der Waals surface area contributed by atoms with Crippen molar-refractivity contribution < 1.29 is 9.53 Å². The van der Waals surface area contributed by atoms with Crippen LogP contribution in [-0.2, 0) is 21.6 Å². The first-order chi connectivity index (χ1) is 8.70. The zero-order valence-electron chi connectivity index (χ0n) is 12.3. The van der Waals surface area contributed by atoms with Gasteiger partial charge in [-0.3, -0.25) is 9.78 Å². The van der Waals surface area contributed by atoms with E-state index in [1.54, 1.807) is 0 Å². The number of hydrogen-bond acceptors (Lipinski definition) is 4. The Labute approximate surface area is 114 Å². The van der Waals surface area contributed by atoms with Crippen LogP contribution in [0.1, 0.15) is 45.9 Å². The van der Waals surface area contributed by atoms with Gasteiger partial charge in [-0.2, -0.15) is 0 Å². The molecule has 2 heterocycles. The van der Waals surface area contributed by atoms with Crippen LogP contribution in [0, 0.1) is 5.41 Å². The molecule has 1 aromatic rings. The SMILES string of the molecule is CC(C)(C)C(=O)OCc1cc2c(cn1)C(C)(C)CN2. The molecule has 0 radical (unpaired) electrons. The normalized spacial score (nSPS) is 16.7. The van der Waals surface area contributed by atoms with Gasteiger partial charge < -0.3 is 10.1 Å². The maximum absolute atomic E-state index is 11.7. The third-order valence-corrected chi connectivity index (χ3v) is 3.37. The molecule has 1 aliphatic rings. The van der Waals surface area contributed by atoms with E-state index in [2.05, 4.69) is 24.1 Å². The number of anilines is 1. The summed E-state index contributed by atoms with van der Waals surface area (Å²) in [5.41, 5.74) is 2.74. The number of hydrogen-bond donors (Lipinski definition) is 1. The van der Waals surface area contributed by atoms with Crippen molar-refractivity contribution in [3.05, 3.63) is 23.5 Å². The number of nitrogens with zero attached hydrogens (tertiary/aromatic N) is 1. The van der Waals surface area contributed by atoms with Gasteiger partial charge in [0.2, 0.25) is 0 Å². The highest BCUT2D eigenvalue weighted by Gasteiger charge is 2.30. The average molecular weight is 262 g/mol. The number of aromatic nitrogens is 1. The molecule has 1 N–H and O–H groups in total. The van der Waals surface area contributed by atoms with Crippen LogP contribution in [-0.4, -0.2) is 17.5 Å². The van der Waals surface area contributed by atoms with E-state index in [1.807, 2.05) is 33.0 Å². The van der Waals surface area contributed by atoms with Crippen LogP contribution in [0.3, 0.4) is 0 Å². The summed E-state index contributed by atoms with van der Waals surface area (Å²) in [6.07, 6.45) is 1.88. The number of ether oxygens (including phenoxy) is 1. The highest BCUT2D eigenvalue weighted by molar-refractivity contribution is 5.75. The van der Waals surface area contributed by atoms with E-state index >= 15 is 0 Å². The van der Waals surface area contributed by atoms with Crippen LogP contribution >= 0.6 is 0 Å². The zero-order chi connectivity index (χ0) is 14.3. The van der Waals surface area contributed by atoms with Crippen molar-refractivity contribution in [1.82, 2.24) is 4.98 Å². The van der Waals surface area contributed by atoms with Gasteiger partial charge in [0.25, 0.3) is 0 Å². The Bertz CT molecular complexity index is 501. The topological polar surface area (TPSA) is 51.2 Å². The molecule has 4 heteroatoms. The lowest BCUT2D eigenvalue weighted by Gasteiger charge is -2.17. The van der Waals surface area contributed by atoms with Gasteiger partial charge in [-0.15, -0.1) is 0 Å². The van der Waals surface area contributed by atoms with Gasteiger partial charge in [0.05, 0.1) is 11.1 Å². The molecular weight excluding hydrogens is 240 g/mol. The van der Waals surface area contributed by atoms with Gasteiger partial charge in [-0.05, 0) is 26.8 Å². The summed E-state index contributed by atoms with van der Waals surface area (Å²) in [4.78, 5) is 16.1. The van der Waals surface area contributed by atoms with Crippen LogP contribution in [0.25, 0.3) is 0 Å². The minimum Gasteiger partial charge on any atom is -0.459 e. The van der Waals surface area contributed by atoms with Crippen LogP contribution in [0.5, 0.6) is 0 Å². The summed E-state index contributed by atoms with van der Waals surface area (Å²) in [7, 11) is 0. The summed E-state index contributed by atoms with van der Waals surface area (Å²) in [6, 6.07) is 1.97. The highest BCUT2D eigenvalue weighted by atomic mass is 16.5. The molecule has 0 saturated carbocycles. The minimum absolute atomic E-state index is 0.114. The second kappa shape index (κ2) is 4.51. The fourth-order valence-electron chi connectivity index (χ4n) is 2.03. The van der Waals surface area contributed by atoms with Gasteiger partial charge in [-0.25, -0.2) is 0 Å². The lowest BCUT2D eigenvalue weighted by Crippen LogP contribution is -2.23. The van der Waals surface area contributed by atoms with Crippen LogP contribution in [0.15, 0.2) is 12.3 Å². The van der Waals surface area contributed by atoms with Crippen molar-refractivity contribution in [3.8, 4) is 0 Å². The van der Waals surface area contributed by atoms with E-state index in [-0.39, 0.29) is 18.0 Å². The van der Waals surface area contributed by atoms with Gasteiger partial charge in [-0.1, -0.05) is 13.8 Å². The number of esters is 1. The highest BCUT2D eigenvalue weighted by Crippen LogP contribution is 2.35. The lowest BCUT2D eigenvalue weighted by atomic mass is 9.88.